The Kier molecular flexibility index (Phi) is 4.49. The normalized spacial score (nSPS) is 17.0. The van der Waals surface area contributed by atoms with Gasteiger partial charge in [0.1, 0.15) is 23.0 Å². The Labute approximate surface area is 141 Å². The van der Waals surface area contributed by atoms with Crippen LogP contribution in [0.5, 0.6) is 0 Å². The number of aromatic nitrogens is 1. The Morgan fingerprint density at radius 2 is 2.04 bits per heavy atom. The molecular formula is C16H15F3N4O2. The highest BCUT2D eigenvalue weighted by molar-refractivity contribution is 5.94. The molecule has 6 nitrogen and oxygen atoms in total. The van der Waals surface area contributed by atoms with E-state index in [4.69, 9.17) is 5.73 Å². The number of nitrogens with one attached hydrogen (secondary N) is 1. The van der Waals surface area contributed by atoms with Gasteiger partial charge in [-0.2, -0.15) is 0 Å². The van der Waals surface area contributed by atoms with Gasteiger partial charge in [0.25, 0.3) is 0 Å². The number of nitrogens with zero attached hydrogens (tertiary/aromatic N) is 2. The minimum atomic E-state index is -1.43. The van der Waals surface area contributed by atoms with E-state index in [1.165, 1.54) is 0 Å². The second-order valence-corrected chi connectivity index (χ2v) is 5.74. The molecule has 1 aliphatic heterocycles. The first-order valence-electron chi connectivity index (χ1n) is 7.51. The number of nitrogens with two attached hydrogens (primary N) is 1. The van der Waals surface area contributed by atoms with E-state index in [1.807, 2.05) is 0 Å². The summed E-state index contributed by atoms with van der Waals surface area (Å²) in [6, 6.07) is 3.44. The third-order valence-corrected chi connectivity index (χ3v) is 3.90. The number of carboxylic acid groups (broad SMARTS) is 1. The first-order valence-corrected chi connectivity index (χ1v) is 7.51. The van der Waals surface area contributed by atoms with Gasteiger partial charge in [0.2, 0.25) is 0 Å². The lowest BCUT2D eigenvalue weighted by Crippen LogP contribution is -2.28. The van der Waals surface area contributed by atoms with Gasteiger partial charge in [0.15, 0.2) is 11.6 Å². The molecule has 9 heteroatoms. The smallest absolute Gasteiger partial charge is 0.339 e. The van der Waals surface area contributed by atoms with E-state index < -0.39 is 29.0 Å². The number of halogens is 3. The molecule has 2 heterocycles. The van der Waals surface area contributed by atoms with Crippen molar-refractivity contribution in [3.05, 3.63) is 47.3 Å². The highest BCUT2D eigenvalue weighted by Gasteiger charge is 2.26. The number of aromatic carboxylic acids is 1. The summed E-state index contributed by atoms with van der Waals surface area (Å²) < 4.78 is 41.1. The first kappa shape index (κ1) is 17.0. The molecule has 0 saturated carbocycles. The molecule has 1 atom stereocenters. The van der Waals surface area contributed by atoms with Crippen molar-refractivity contribution in [1.82, 2.24) is 4.98 Å². The van der Waals surface area contributed by atoms with Crippen molar-refractivity contribution in [2.24, 2.45) is 5.73 Å². The van der Waals surface area contributed by atoms with Crippen molar-refractivity contribution in [2.45, 2.75) is 12.5 Å². The van der Waals surface area contributed by atoms with E-state index in [1.54, 1.807) is 4.90 Å². The molecule has 4 N–H and O–H groups in total. The first-order chi connectivity index (χ1) is 11.8. The van der Waals surface area contributed by atoms with Gasteiger partial charge >= 0.3 is 5.97 Å². The number of hydrogen-bond acceptors (Lipinski definition) is 5. The Bertz CT molecular complexity index is 831. The maximum atomic E-state index is 14.3. The lowest BCUT2D eigenvalue weighted by Gasteiger charge is -2.20. The predicted octanol–water partition coefficient (Wildman–Crippen LogP) is 2.48. The van der Waals surface area contributed by atoms with Gasteiger partial charge in [0, 0.05) is 25.2 Å². The molecule has 1 fully saturated rings. The highest BCUT2D eigenvalue weighted by atomic mass is 19.1. The van der Waals surface area contributed by atoms with Gasteiger partial charge < -0.3 is 21.1 Å². The zero-order valence-electron chi connectivity index (χ0n) is 13.0. The fourth-order valence-corrected chi connectivity index (χ4v) is 2.66. The molecule has 1 aliphatic rings. The van der Waals surface area contributed by atoms with Crippen LogP contribution in [0.3, 0.4) is 0 Å². The van der Waals surface area contributed by atoms with Gasteiger partial charge in [-0.05, 0) is 24.6 Å². The van der Waals surface area contributed by atoms with Crippen LogP contribution in [0.15, 0.2) is 24.3 Å². The van der Waals surface area contributed by atoms with Crippen LogP contribution in [0.1, 0.15) is 16.8 Å². The number of hydrogen-bond donors (Lipinski definition) is 3. The quantitative estimate of drug-likeness (QED) is 0.783. The molecular weight excluding hydrogens is 337 g/mol. The second-order valence-electron chi connectivity index (χ2n) is 5.74. The highest BCUT2D eigenvalue weighted by Crippen LogP contribution is 2.29. The Hall–Kier alpha value is -2.81. The van der Waals surface area contributed by atoms with E-state index in [2.05, 4.69) is 10.3 Å². The van der Waals surface area contributed by atoms with Gasteiger partial charge in [-0.25, -0.2) is 22.9 Å². The van der Waals surface area contributed by atoms with Crippen LogP contribution in [0.25, 0.3) is 0 Å². The monoisotopic (exact) mass is 352 g/mol. The summed E-state index contributed by atoms with van der Waals surface area (Å²) >= 11 is 0. The molecule has 1 aromatic carbocycles. The fourth-order valence-electron chi connectivity index (χ4n) is 2.66. The topological polar surface area (TPSA) is 91.5 Å². The Balaban J connectivity index is 2.02. The molecule has 0 amide bonds. The summed E-state index contributed by atoms with van der Waals surface area (Å²) in [6.07, 6.45) is 0.650. The summed E-state index contributed by atoms with van der Waals surface area (Å²) in [5.41, 5.74) is 5.16. The Morgan fingerprint density at radius 3 is 2.64 bits per heavy atom. The SMILES string of the molecule is NC1CCN(c2nc(Nc3ccc(F)cc3F)c(C(=O)O)cc2F)C1. The molecule has 0 aliphatic carbocycles. The zero-order chi connectivity index (χ0) is 18.1. The van der Waals surface area contributed by atoms with Crippen LogP contribution in [0.2, 0.25) is 0 Å². The molecule has 1 unspecified atom stereocenters. The van der Waals surface area contributed by atoms with E-state index in [0.29, 0.717) is 25.6 Å². The fraction of sp³-hybridized carbons (Fsp3) is 0.250. The van der Waals surface area contributed by atoms with E-state index >= 15 is 0 Å². The summed E-state index contributed by atoms with van der Waals surface area (Å²) in [5.74, 6) is -4.25. The van der Waals surface area contributed by atoms with Crippen molar-refractivity contribution < 1.29 is 23.1 Å². The minimum absolute atomic E-state index is 0.0667. The van der Waals surface area contributed by atoms with E-state index in [-0.39, 0.29) is 23.4 Å². The molecule has 3 rings (SSSR count). The number of anilines is 3. The molecule has 2 aromatic rings. The van der Waals surface area contributed by atoms with Crippen LogP contribution < -0.4 is 16.0 Å². The standard InChI is InChI=1S/C16H15F3N4O2/c17-8-1-2-13(11(18)5-8)21-14-10(16(24)25)6-12(19)15(22-14)23-4-3-9(20)7-23/h1-2,5-6,9H,3-4,7,20H2,(H,21,22)(H,24,25). The molecule has 1 aromatic heterocycles. The molecule has 132 valence electrons. The number of carboxylic acids is 1. The third kappa shape index (κ3) is 3.50. The lowest BCUT2D eigenvalue weighted by atomic mass is 10.2. The average Bonchev–Trinajstić information content (AvgIpc) is 2.97. The van der Waals surface area contributed by atoms with Crippen LogP contribution in [-0.4, -0.2) is 35.2 Å². The average molecular weight is 352 g/mol. The molecule has 1 saturated heterocycles. The van der Waals surface area contributed by atoms with E-state index in [9.17, 15) is 23.1 Å². The molecule has 0 spiro atoms. The third-order valence-electron chi connectivity index (χ3n) is 3.90. The van der Waals surface area contributed by atoms with Crippen molar-refractivity contribution in [3.63, 3.8) is 0 Å². The van der Waals surface area contributed by atoms with Gasteiger partial charge in [-0.1, -0.05) is 0 Å². The van der Waals surface area contributed by atoms with Crippen LogP contribution in [-0.2, 0) is 0 Å². The summed E-state index contributed by atoms with van der Waals surface area (Å²) in [7, 11) is 0. The van der Waals surface area contributed by atoms with Gasteiger partial charge in [-0.15, -0.1) is 0 Å². The van der Waals surface area contributed by atoms with Crippen LogP contribution in [0, 0.1) is 17.5 Å². The largest absolute Gasteiger partial charge is 0.478 e. The van der Waals surface area contributed by atoms with Gasteiger partial charge in [0.05, 0.1) is 5.69 Å². The molecule has 25 heavy (non-hydrogen) atoms. The number of pyridine rings is 1. The minimum Gasteiger partial charge on any atom is -0.478 e. The maximum absolute atomic E-state index is 14.3. The van der Waals surface area contributed by atoms with Crippen molar-refractivity contribution in [2.75, 3.05) is 23.3 Å². The second kappa shape index (κ2) is 6.60. The predicted molar refractivity (Wildman–Crippen MR) is 85.6 cm³/mol. The van der Waals surface area contributed by atoms with Crippen LogP contribution in [0.4, 0.5) is 30.5 Å². The summed E-state index contributed by atoms with van der Waals surface area (Å²) in [6.45, 7) is 0.850. The van der Waals surface area contributed by atoms with Gasteiger partial charge in [-0.3, -0.25) is 0 Å². The maximum Gasteiger partial charge on any atom is 0.339 e. The summed E-state index contributed by atoms with van der Waals surface area (Å²) in [4.78, 5) is 17.0. The molecule has 0 radical (unpaired) electrons. The molecule has 0 bridgehead atoms. The van der Waals surface area contributed by atoms with Crippen molar-refractivity contribution in [3.8, 4) is 0 Å². The zero-order valence-corrected chi connectivity index (χ0v) is 13.0. The van der Waals surface area contributed by atoms with Crippen molar-refractivity contribution in [1.29, 1.82) is 0 Å². The van der Waals surface area contributed by atoms with Crippen molar-refractivity contribution >= 4 is 23.3 Å². The number of benzene rings is 1. The number of rotatable bonds is 4. The lowest BCUT2D eigenvalue weighted by molar-refractivity contribution is 0.0697. The summed E-state index contributed by atoms with van der Waals surface area (Å²) in [5, 5.41) is 11.7. The van der Waals surface area contributed by atoms with Crippen LogP contribution >= 0.6 is 0 Å². The Morgan fingerprint density at radius 1 is 1.28 bits per heavy atom. The number of carbonyl (C=O) groups is 1. The van der Waals surface area contributed by atoms with E-state index in [0.717, 1.165) is 18.2 Å².